The van der Waals surface area contributed by atoms with Crippen molar-refractivity contribution in [2.75, 3.05) is 7.11 Å². The van der Waals surface area contributed by atoms with E-state index in [-0.39, 0.29) is 5.92 Å². The summed E-state index contributed by atoms with van der Waals surface area (Å²) < 4.78 is 16.2. The lowest BCUT2D eigenvalue weighted by atomic mass is 9.90. The standard InChI is InChI=1S/C32H30O5/c1-20-6-7-26(18-21(20)2)23(4)27-12-17-30(22(3)19-27)37-32(34)25-10-15-29(16-11-25)36-28-13-8-24(9-14-28)31(33)35-5/h6-19,23H,1-5H3. The van der Waals surface area contributed by atoms with Crippen molar-refractivity contribution in [3.05, 3.63) is 124 Å². The highest BCUT2D eigenvalue weighted by Crippen LogP contribution is 2.30. The van der Waals surface area contributed by atoms with Gasteiger partial charge in [-0.1, -0.05) is 37.3 Å². The summed E-state index contributed by atoms with van der Waals surface area (Å²) in [5.41, 5.74) is 6.74. The summed E-state index contributed by atoms with van der Waals surface area (Å²) >= 11 is 0. The van der Waals surface area contributed by atoms with Gasteiger partial charge in [-0.05, 0) is 103 Å². The Hall–Kier alpha value is -4.38. The van der Waals surface area contributed by atoms with Gasteiger partial charge in [0.2, 0.25) is 0 Å². The average Bonchev–Trinajstić information content (AvgIpc) is 2.91. The highest BCUT2D eigenvalue weighted by Gasteiger charge is 2.14. The molecule has 0 saturated heterocycles. The molecule has 0 N–H and O–H groups in total. The predicted molar refractivity (Wildman–Crippen MR) is 144 cm³/mol. The molecule has 0 fully saturated rings. The van der Waals surface area contributed by atoms with E-state index in [2.05, 4.69) is 45.0 Å². The molecule has 0 aliphatic heterocycles. The summed E-state index contributed by atoms with van der Waals surface area (Å²) in [7, 11) is 1.34. The summed E-state index contributed by atoms with van der Waals surface area (Å²) in [5, 5.41) is 0. The molecule has 0 heterocycles. The molecule has 37 heavy (non-hydrogen) atoms. The second kappa shape index (κ2) is 11.1. The molecule has 5 nitrogen and oxygen atoms in total. The van der Waals surface area contributed by atoms with Crippen LogP contribution in [0.25, 0.3) is 0 Å². The Balaban J connectivity index is 1.40. The van der Waals surface area contributed by atoms with Crippen LogP contribution in [0.3, 0.4) is 0 Å². The molecule has 0 amide bonds. The first kappa shape index (κ1) is 25.7. The van der Waals surface area contributed by atoms with E-state index in [1.807, 2.05) is 19.1 Å². The van der Waals surface area contributed by atoms with Crippen molar-refractivity contribution in [2.45, 2.75) is 33.6 Å². The van der Waals surface area contributed by atoms with E-state index in [0.29, 0.717) is 28.4 Å². The van der Waals surface area contributed by atoms with Crippen LogP contribution in [-0.4, -0.2) is 19.0 Å². The Bertz CT molecular complexity index is 1420. The van der Waals surface area contributed by atoms with Crippen LogP contribution in [0.15, 0.2) is 84.9 Å². The minimum atomic E-state index is -0.438. The topological polar surface area (TPSA) is 61.8 Å². The van der Waals surface area contributed by atoms with Crippen LogP contribution < -0.4 is 9.47 Å². The van der Waals surface area contributed by atoms with Gasteiger partial charge in [-0.25, -0.2) is 9.59 Å². The summed E-state index contributed by atoms with van der Waals surface area (Å²) in [6.07, 6.45) is 0. The third kappa shape index (κ3) is 6.07. The summed E-state index contributed by atoms with van der Waals surface area (Å²) in [6.45, 7) is 8.37. The lowest BCUT2D eigenvalue weighted by Gasteiger charge is -2.16. The van der Waals surface area contributed by atoms with Gasteiger partial charge in [0.1, 0.15) is 17.2 Å². The van der Waals surface area contributed by atoms with Crippen molar-refractivity contribution in [1.82, 2.24) is 0 Å². The minimum absolute atomic E-state index is 0.229. The van der Waals surface area contributed by atoms with Crippen molar-refractivity contribution < 1.29 is 23.8 Å². The molecule has 1 atom stereocenters. The minimum Gasteiger partial charge on any atom is -0.465 e. The monoisotopic (exact) mass is 494 g/mol. The quantitative estimate of drug-likeness (QED) is 0.196. The first-order chi connectivity index (χ1) is 17.7. The second-order valence-electron chi connectivity index (χ2n) is 9.12. The number of aryl methyl sites for hydroxylation is 3. The van der Waals surface area contributed by atoms with Crippen molar-refractivity contribution in [3.63, 3.8) is 0 Å². The zero-order chi connectivity index (χ0) is 26.5. The summed E-state index contributed by atoms with van der Waals surface area (Å²) in [6, 6.07) is 25.8. The molecule has 1 unspecified atom stereocenters. The SMILES string of the molecule is COC(=O)c1ccc(Oc2ccc(C(=O)Oc3ccc(C(C)c4ccc(C)c(C)c4)cc3C)cc2)cc1. The van der Waals surface area contributed by atoms with E-state index in [1.165, 1.54) is 29.4 Å². The lowest BCUT2D eigenvalue weighted by molar-refractivity contribution is 0.0600. The van der Waals surface area contributed by atoms with Crippen molar-refractivity contribution in [3.8, 4) is 17.2 Å². The molecule has 0 aromatic heterocycles. The average molecular weight is 495 g/mol. The number of methoxy groups -OCH3 is 1. The molecular formula is C32H30O5. The van der Waals surface area contributed by atoms with Crippen LogP contribution in [0.2, 0.25) is 0 Å². The fourth-order valence-electron chi connectivity index (χ4n) is 4.01. The van der Waals surface area contributed by atoms with Crippen molar-refractivity contribution >= 4 is 11.9 Å². The fourth-order valence-corrected chi connectivity index (χ4v) is 4.01. The van der Waals surface area contributed by atoms with E-state index >= 15 is 0 Å². The van der Waals surface area contributed by atoms with Gasteiger partial charge < -0.3 is 14.2 Å². The summed E-state index contributed by atoms with van der Waals surface area (Å²) in [5.74, 6) is 1.04. The highest BCUT2D eigenvalue weighted by atomic mass is 16.5. The normalized spacial score (nSPS) is 11.5. The smallest absolute Gasteiger partial charge is 0.343 e. The van der Waals surface area contributed by atoms with Crippen molar-refractivity contribution in [1.29, 1.82) is 0 Å². The van der Waals surface area contributed by atoms with Gasteiger partial charge in [0.25, 0.3) is 0 Å². The summed E-state index contributed by atoms with van der Waals surface area (Å²) in [4.78, 5) is 24.3. The Labute approximate surface area is 217 Å². The Morgan fingerprint density at radius 2 is 1.14 bits per heavy atom. The van der Waals surface area contributed by atoms with Crippen LogP contribution in [0.4, 0.5) is 0 Å². The number of carbonyl (C=O) groups is 2. The maximum absolute atomic E-state index is 12.8. The molecule has 4 aromatic carbocycles. The zero-order valence-electron chi connectivity index (χ0n) is 21.7. The largest absolute Gasteiger partial charge is 0.465 e. The first-order valence-corrected chi connectivity index (χ1v) is 12.1. The van der Waals surface area contributed by atoms with Crippen molar-refractivity contribution in [2.24, 2.45) is 0 Å². The van der Waals surface area contributed by atoms with Gasteiger partial charge in [-0.15, -0.1) is 0 Å². The predicted octanol–water partition coefficient (Wildman–Crippen LogP) is 7.56. The molecular weight excluding hydrogens is 464 g/mol. The number of rotatable bonds is 7. The van der Waals surface area contributed by atoms with E-state index in [9.17, 15) is 9.59 Å². The van der Waals surface area contributed by atoms with E-state index < -0.39 is 11.9 Å². The number of hydrogen-bond donors (Lipinski definition) is 0. The molecule has 0 bridgehead atoms. The maximum atomic E-state index is 12.8. The Morgan fingerprint density at radius 1 is 0.622 bits per heavy atom. The number of benzene rings is 4. The van der Waals surface area contributed by atoms with E-state index in [1.54, 1.807) is 48.5 Å². The number of hydrogen-bond acceptors (Lipinski definition) is 5. The maximum Gasteiger partial charge on any atom is 0.343 e. The van der Waals surface area contributed by atoms with Gasteiger partial charge in [-0.2, -0.15) is 0 Å². The van der Waals surface area contributed by atoms with Gasteiger partial charge >= 0.3 is 11.9 Å². The van der Waals surface area contributed by atoms with Gasteiger partial charge in [0.05, 0.1) is 18.2 Å². The Morgan fingerprint density at radius 3 is 1.65 bits per heavy atom. The molecule has 188 valence electrons. The molecule has 5 heteroatoms. The van der Waals surface area contributed by atoms with E-state index in [4.69, 9.17) is 14.2 Å². The second-order valence-corrected chi connectivity index (χ2v) is 9.12. The van der Waals surface area contributed by atoms with Crippen LogP contribution in [0.5, 0.6) is 17.2 Å². The molecule has 0 radical (unpaired) electrons. The van der Waals surface area contributed by atoms with Crippen LogP contribution in [0, 0.1) is 20.8 Å². The number of esters is 2. The fraction of sp³-hybridized carbons (Fsp3) is 0.188. The number of ether oxygens (including phenoxy) is 3. The molecule has 4 aromatic rings. The molecule has 0 spiro atoms. The van der Waals surface area contributed by atoms with Gasteiger partial charge in [0, 0.05) is 5.92 Å². The molecule has 0 saturated carbocycles. The van der Waals surface area contributed by atoms with Gasteiger partial charge in [-0.3, -0.25) is 0 Å². The molecule has 0 aliphatic rings. The van der Waals surface area contributed by atoms with Crippen LogP contribution in [0.1, 0.15) is 61.4 Å². The third-order valence-corrected chi connectivity index (χ3v) is 6.53. The third-order valence-electron chi connectivity index (χ3n) is 6.53. The van der Waals surface area contributed by atoms with Gasteiger partial charge in [0.15, 0.2) is 0 Å². The zero-order valence-corrected chi connectivity index (χ0v) is 21.7. The van der Waals surface area contributed by atoms with Crippen LogP contribution >= 0.6 is 0 Å². The van der Waals surface area contributed by atoms with E-state index in [0.717, 1.165) is 5.56 Å². The van der Waals surface area contributed by atoms with Crippen LogP contribution in [-0.2, 0) is 4.74 Å². The Kier molecular flexibility index (Phi) is 7.73. The highest BCUT2D eigenvalue weighted by molar-refractivity contribution is 5.91. The lowest BCUT2D eigenvalue weighted by Crippen LogP contribution is -2.09. The molecule has 0 aliphatic carbocycles. The molecule has 4 rings (SSSR count). The number of carbonyl (C=O) groups excluding carboxylic acids is 2. The first-order valence-electron chi connectivity index (χ1n) is 12.1.